The first-order valence-corrected chi connectivity index (χ1v) is 5.86. The Morgan fingerprint density at radius 2 is 1.92 bits per heavy atom. The van der Waals surface area contributed by atoms with Crippen LogP contribution in [0.2, 0.25) is 0 Å². The second-order valence-corrected chi connectivity index (χ2v) is 5.26. The van der Waals surface area contributed by atoms with Gasteiger partial charge in [0, 0.05) is 11.0 Å². The molecule has 4 nitrogen and oxygen atoms in total. The highest BCUT2D eigenvalue weighted by Gasteiger charge is 2.04. The maximum atomic E-state index is 7.05. The third kappa shape index (κ3) is 9.55. The van der Waals surface area contributed by atoms with Gasteiger partial charge in [0.25, 0.3) is 0 Å². The molecule has 0 bridgehead atoms. The lowest BCUT2D eigenvalue weighted by Gasteiger charge is -2.08. The van der Waals surface area contributed by atoms with Gasteiger partial charge >= 0.3 is 0 Å². The zero-order valence-electron chi connectivity index (χ0n) is 7.67. The fourth-order valence-electron chi connectivity index (χ4n) is 0.829. The van der Waals surface area contributed by atoms with Crippen LogP contribution in [0.4, 0.5) is 0 Å². The smallest absolute Gasteiger partial charge is 0.151 e. The second kappa shape index (κ2) is 7.08. The van der Waals surface area contributed by atoms with E-state index in [1.807, 2.05) is 6.92 Å². The summed E-state index contributed by atoms with van der Waals surface area (Å²) < 4.78 is 0. The monoisotopic (exact) mass is 220 g/mol. The molecule has 6 N–H and O–H groups in total. The lowest BCUT2D eigenvalue weighted by atomic mass is 10.3. The fourth-order valence-corrected chi connectivity index (χ4v) is 2.08. The van der Waals surface area contributed by atoms with Crippen molar-refractivity contribution in [3.05, 3.63) is 0 Å². The Hall–Kier alpha value is -0.360. The molecule has 0 aromatic carbocycles. The quantitative estimate of drug-likeness (QED) is 0.320. The molecule has 0 unspecified atom stereocenters. The Bertz CT molecular complexity index is 183. The highest BCUT2D eigenvalue weighted by molar-refractivity contribution is 8.14. The molecule has 0 aliphatic carbocycles. The first-order chi connectivity index (χ1) is 6.02. The van der Waals surface area contributed by atoms with Crippen molar-refractivity contribution in [2.24, 2.45) is 11.5 Å². The van der Waals surface area contributed by atoms with Gasteiger partial charge in [0.2, 0.25) is 0 Å². The van der Waals surface area contributed by atoms with Crippen molar-refractivity contribution >= 4 is 33.9 Å². The van der Waals surface area contributed by atoms with Crippen molar-refractivity contribution in [2.45, 2.75) is 25.0 Å². The van der Waals surface area contributed by atoms with Crippen LogP contribution >= 0.6 is 23.5 Å². The van der Waals surface area contributed by atoms with Crippen molar-refractivity contribution in [1.29, 1.82) is 10.8 Å². The van der Waals surface area contributed by atoms with Crippen molar-refractivity contribution in [2.75, 3.05) is 5.75 Å². The topological polar surface area (TPSA) is 99.7 Å². The van der Waals surface area contributed by atoms with Gasteiger partial charge < -0.3 is 11.5 Å². The number of amidine groups is 2. The van der Waals surface area contributed by atoms with Crippen molar-refractivity contribution in [1.82, 2.24) is 0 Å². The van der Waals surface area contributed by atoms with Gasteiger partial charge in [-0.2, -0.15) is 0 Å². The molecule has 0 amide bonds. The van der Waals surface area contributed by atoms with Crippen LogP contribution in [0.15, 0.2) is 0 Å². The molecule has 0 fully saturated rings. The predicted octanol–water partition coefficient (Wildman–Crippen LogP) is 1.41. The van der Waals surface area contributed by atoms with E-state index in [2.05, 4.69) is 0 Å². The number of rotatable bonds is 5. The van der Waals surface area contributed by atoms with E-state index in [1.165, 1.54) is 23.5 Å². The lowest BCUT2D eigenvalue weighted by Crippen LogP contribution is -2.10. The first kappa shape index (κ1) is 12.6. The van der Waals surface area contributed by atoms with E-state index < -0.39 is 0 Å². The van der Waals surface area contributed by atoms with Gasteiger partial charge in [-0.1, -0.05) is 30.4 Å². The summed E-state index contributed by atoms with van der Waals surface area (Å²) in [6.07, 6.45) is 2.01. The van der Waals surface area contributed by atoms with Gasteiger partial charge in [0.05, 0.1) is 0 Å². The van der Waals surface area contributed by atoms with Crippen LogP contribution in [0.25, 0.3) is 0 Å². The highest BCUT2D eigenvalue weighted by atomic mass is 32.2. The van der Waals surface area contributed by atoms with E-state index in [0.717, 1.165) is 18.6 Å². The van der Waals surface area contributed by atoms with E-state index in [9.17, 15) is 0 Å². The molecule has 0 radical (unpaired) electrons. The van der Waals surface area contributed by atoms with Crippen molar-refractivity contribution in [3.63, 3.8) is 0 Å². The van der Waals surface area contributed by atoms with Crippen LogP contribution in [0.5, 0.6) is 0 Å². The van der Waals surface area contributed by atoms with Crippen LogP contribution in [-0.4, -0.2) is 21.3 Å². The maximum absolute atomic E-state index is 7.05. The molecule has 0 aromatic rings. The van der Waals surface area contributed by atoms with E-state index in [-0.39, 0.29) is 10.3 Å². The Labute approximate surface area is 87.2 Å². The van der Waals surface area contributed by atoms with Gasteiger partial charge in [0.15, 0.2) is 10.3 Å². The van der Waals surface area contributed by atoms with Crippen molar-refractivity contribution < 1.29 is 0 Å². The number of thioether (sulfide) groups is 2. The molecule has 0 saturated carbocycles. The molecule has 0 aliphatic rings. The molecule has 6 heteroatoms. The maximum Gasteiger partial charge on any atom is 0.151 e. The second-order valence-electron chi connectivity index (χ2n) is 2.65. The fraction of sp³-hybridized carbons (Fsp3) is 0.714. The van der Waals surface area contributed by atoms with Crippen LogP contribution in [0.3, 0.4) is 0 Å². The van der Waals surface area contributed by atoms with Crippen LogP contribution in [0.1, 0.15) is 19.8 Å². The largest absolute Gasteiger partial charge is 0.379 e. The molecule has 0 heterocycles. The third-order valence-electron chi connectivity index (χ3n) is 1.34. The van der Waals surface area contributed by atoms with Gasteiger partial charge in [-0.3, -0.25) is 10.8 Å². The Balaban J connectivity index is 3.31. The molecule has 0 aliphatic heterocycles. The molecular weight excluding hydrogens is 204 g/mol. The van der Waals surface area contributed by atoms with Gasteiger partial charge in [-0.05, 0) is 12.8 Å². The van der Waals surface area contributed by atoms with Gasteiger partial charge in [-0.25, -0.2) is 0 Å². The molecule has 0 saturated heterocycles. The molecule has 76 valence electrons. The van der Waals surface area contributed by atoms with E-state index in [1.54, 1.807) is 0 Å². The summed E-state index contributed by atoms with van der Waals surface area (Å²) in [5, 5.41) is 14.8. The first-order valence-electron chi connectivity index (χ1n) is 4.00. The predicted molar refractivity (Wildman–Crippen MR) is 62.6 cm³/mol. The zero-order chi connectivity index (χ0) is 10.3. The average Bonchev–Trinajstić information content (AvgIpc) is 1.96. The Morgan fingerprint density at radius 3 is 2.38 bits per heavy atom. The van der Waals surface area contributed by atoms with E-state index >= 15 is 0 Å². The molecule has 0 rings (SSSR count). The van der Waals surface area contributed by atoms with Gasteiger partial charge in [-0.15, -0.1) is 0 Å². The number of nitrogens with one attached hydrogen (secondary N) is 2. The summed E-state index contributed by atoms with van der Waals surface area (Å²) in [7, 11) is 0. The Morgan fingerprint density at radius 1 is 1.31 bits per heavy atom. The standard InChI is InChI=1S/C7H16N4S2/c1-5(13-7(10)11)3-2-4-12-6(8)9/h5H,2-4H2,1H3,(H3,8,9)(H3,10,11)/t5-/m0/s1. The number of nitrogens with two attached hydrogens (primary N) is 2. The van der Waals surface area contributed by atoms with Crippen LogP contribution in [-0.2, 0) is 0 Å². The van der Waals surface area contributed by atoms with E-state index in [0.29, 0.717) is 5.25 Å². The SMILES string of the molecule is C[C@@H](CCCSC(=N)N)SC(=N)N. The number of hydrogen-bond donors (Lipinski definition) is 4. The number of hydrogen-bond acceptors (Lipinski definition) is 4. The van der Waals surface area contributed by atoms with Crippen molar-refractivity contribution in [3.8, 4) is 0 Å². The lowest BCUT2D eigenvalue weighted by molar-refractivity contribution is 0.797. The van der Waals surface area contributed by atoms with Crippen LogP contribution in [0, 0.1) is 10.8 Å². The average molecular weight is 220 g/mol. The summed E-state index contributed by atoms with van der Waals surface area (Å²) in [5.74, 6) is 0.873. The minimum atomic E-state index is 0.173. The highest BCUT2D eigenvalue weighted by Crippen LogP contribution is 2.16. The molecule has 0 aromatic heterocycles. The van der Waals surface area contributed by atoms with E-state index in [4.69, 9.17) is 22.3 Å². The molecular formula is C7H16N4S2. The molecule has 1 atom stereocenters. The normalized spacial score (nSPS) is 12.4. The summed E-state index contributed by atoms with van der Waals surface area (Å²) in [6.45, 7) is 2.05. The van der Waals surface area contributed by atoms with Crippen LogP contribution < -0.4 is 11.5 Å². The Kier molecular flexibility index (Phi) is 6.89. The summed E-state index contributed by atoms with van der Waals surface area (Å²) in [6, 6.07) is 0. The minimum Gasteiger partial charge on any atom is -0.379 e. The summed E-state index contributed by atoms with van der Waals surface area (Å²) in [4.78, 5) is 0. The zero-order valence-corrected chi connectivity index (χ0v) is 9.30. The molecule has 13 heavy (non-hydrogen) atoms. The summed E-state index contributed by atoms with van der Waals surface area (Å²) in [5.41, 5.74) is 10.4. The van der Waals surface area contributed by atoms with Gasteiger partial charge in [0.1, 0.15) is 0 Å². The summed E-state index contributed by atoms with van der Waals surface area (Å²) >= 11 is 2.74. The third-order valence-corrected chi connectivity index (χ3v) is 3.04. The minimum absolute atomic E-state index is 0.173. The molecule has 0 spiro atoms.